The molecule has 0 aliphatic heterocycles. The molecule has 3 nitrogen and oxygen atoms in total. The zero-order chi connectivity index (χ0) is 17.6. The maximum absolute atomic E-state index is 12.4. The molecule has 0 aliphatic carbocycles. The number of carbonyl (C=O) groups excluding carboxylic acids is 1. The van der Waals surface area contributed by atoms with Crippen LogP contribution in [0.1, 0.15) is 19.4 Å². The molecule has 0 aromatic heterocycles. The lowest BCUT2D eigenvalue weighted by atomic mass is 10.0. The van der Waals surface area contributed by atoms with Crippen LogP contribution in [0.2, 0.25) is 0 Å². The fourth-order valence-corrected chi connectivity index (χ4v) is 3.17. The van der Waals surface area contributed by atoms with Crippen molar-refractivity contribution < 1.29 is 4.79 Å². The molecule has 128 valence electrons. The zero-order valence-electron chi connectivity index (χ0n) is 14.8. The predicted molar refractivity (Wildman–Crippen MR) is 106 cm³/mol. The van der Waals surface area contributed by atoms with Gasteiger partial charge in [0.2, 0.25) is 5.91 Å². The Kier molecular flexibility index (Phi) is 5.34. The quantitative estimate of drug-likeness (QED) is 0.698. The van der Waals surface area contributed by atoms with Gasteiger partial charge in [-0.25, -0.2) is 0 Å². The number of amides is 1. The first-order valence-electron chi connectivity index (χ1n) is 8.82. The second-order valence-electron chi connectivity index (χ2n) is 6.08. The molecule has 0 atom stereocenters. The van der Waals surface area contributed by atoms with Crippen LogP contribution in [-0.2, 0) is 11.2 Å². The molecule has 0 fully saturated rings. The maximum atomic E-state index is 12.4. The van der Waals surface area contributed by atoms with Crippen molar-refractivity contribution in [1.29, 1.82) is 0 Å². The van der Waals surface area contributed by atoms with E-state index >= 15 is 0 Å². The Labute approximate surface area is 149 Å². The van der Waals surface area contributed by atoms with Crippen molar-refractivity contribution in [3.05, 3.63) is 72.3 Å². The van der Waals surface area contributed by atoms with Crippen LogP contribution >= 0.6 is 0 Å². The first kappa shape index (κ1) is 17.0. The number of benzene rings is 3. The molecular weight excluding hydrogens is 308 g/mol. The van der Waals surface area contributed by atoms with E-state index < -0.39 is 0 Å². The normalized spacial score (nSPS) is 10.6. The molecule has 0 aliphatic rings. The number of nitrogens with zero attached hydrogens (tertiary/aromatic N) is 1. The number of carbonyl (C=O) groups is 1. The van der Waals surface area contributed by atoms with E-state index in [0.29, 0.717) is 6.42 Å². The summed E-state index contributed by atoms with van der Waals surface area (Å²) in [4.78, 5) is 14.7. The summed E-state index contributed by atoms with van der Waals surface area (Å²) in [5, 5.41) is 5.30. The summed E-state index contributed by atoms with van der Waals surface area (Å²) < 4.78 is 0. The van der Waals surface area contributed by atoms with E-state index in [1.165, 1.54) is 5.69 Å². The molecule has 0 bridgehead atoms. The van der Waals surface area contributed by atoms with Gasteiger partial charge < -0.3 is 10.2 Å². The second kappa shape index (κ2) is 7.84. The molecule has 0 saturated carbocycles. The molecule has 0 radical (unpaired) electrons. The van der Waals surface area contributed by atoms with Crippen molar-refractivity contribution in [2.75, 3.05) is 23.3 Å². The SMILES string of the molecule is CCN(CC)c1ccc(NC(=O)Cc2cccc3ccccc23)cc1. The fraction of sp³-hybridized carbons (Fsp3) is 0.227. The van der Waals surface area contributed by atoms with E-state index in [9.17, 15) is 4.79 Å². The van der Waals surface area contributed by atoms with Crippen molar-refractivity contribution in [3.8, 4) is 0 Å². The summed E-state index contributed by atoms with van der Waals surface area (Å²) in [6.07, 6.45) is 0.374. The van der Waals surface area contributed by atoms with Crippen LogP contribution in [0, 0.1) is 0 Å². The Morgan fingerprint density at radius 3 is 2.28 bits per heavy atom. The number of rotatable bonds is 6. The van der Waals surface area contributed by atoms with E-state index in [1.807, 2.05) is 36.4 Å². The van der Waals surface area contributed by atoms with Gasteiger partial charge in [0, 0.05) is 24.5 Å². The summed E-state index contributed by atoms with van der Waals surface area (Å²) in [5.41, 5.74) is 3.06. The lowest BCUT2D eigenvalue weighted by molar-refractivity contribution is -0.115. The van der Waals surface area contributed by atoms with Crippen molar-refractivity contribution in [3.63, 3.8) is 0 Å². The average Bonchev–Trinajstić information content (AvgIpc) is 2.64. The Hall–Kier alpha value is -2.81. The molecule has 0 saturated heterocycles. The van der Waals surface area contributed by atoms with Crippen LogP contribution < -0.4 is 10.2 Å². The summed E-state index contributed by atoms with van der Waals surface area (Å²) in [5.74, 6) is 0.00643. The number of hydrogen-bond donors (Lipinski definition) is 1. The third-order valence-electron chi connectivity index (χ3n) is 4.51. The van der Waals surface area contributed by atoms with Gasteiger partial charge in [-0.2, -0.15) is 0 Å². The molecule has 0 spiro atoms. The first-order chi connectivity index (χ1) is 12.2. The van der Waals surface area contributed by atoms with Crippen LogP contribution in [0.15, 0.2) is 66.7 Å². The van der Waals surface area contributed by atoms with E-state index in [0.717, 1.165) is 35.1 Å². The highest BCUT2D eigenvalue weighted by Gasteiger charge is 2.08. The Bertz CT molecular complexity index is 846. The molecule has 3 rings (SSSR count). The first-order valence-corrected chi connectivity index (χ1v) is 8.82. The van der Waals surface area contributed by atoms with Crippen molar-refractivity contribution in [1.82, 2.24) is 0 Å². The highest BCUT2D eigenvalue weighted by atomic mass is 16.1. The Morgan fingerprint density at radius 1 is 0.880 bits per heavy atom. The molecule has 3 aromatic carbocycles. The lowest BCUT2D eigenvalue weighted by Crippen LogP contribution is -2.21. The number of anilines is 2. The van der Waals surface area contributed by atoms with E-state index in [2.05, 4.69) is 54.4 Å². The van der Waals surface area contributed by atoms with E-state index in [1.54, 1.807) is 0 Å². The van der Waals surface area contributed by atoms with E-state index in [4.69, 9.17) is 0 Å². The van der Waals surface area contributed by atoms with Gasteiger partial charge in [0.1, 0.15) is 0 Å². The van der Waals surface area contributed by atoms with Crippen LogP contribution in [0.4, 0.5) is 11.4 Å². The van der Waals surface area contributed by atoms with Gasteiger partial charge in [0.15, 0.2) is 0 Å². The molecule has 3 heteroatoms. The van der Waals surface area contributed by atoms with Crippen LogP contribution in [-0.4, -0.2) is 19.0 Å². The minimum absolute atomic E-state index is 0.00643. The van der Waals surface area contributed by atoms with Crippen LogP contribution in [0.25, 0.3) is 10.8 Å². The van der Waals surface area contributed by atoms with E-state index in [-0.39, 0.29) is 5.91 Å². The fourth-order valence-electron chi connectivity index (χ4n) is 3.17. The van der Waals surface area contributed by atoms with Gasteiger partial charge in [-0.1, -0.05) is 42.5 Å². The zero-order valence-corrected chi connectivity index (χ0v) is 14.8. The van der Waals surface area contributed by atoms with Gasteiger partial charge >= 0.3 is 0 Å². The standard InChI is InChI=1S/C22H24N2O/c1-3-24(4-2)20-14-12-19(13-15-20)23-22(25)16-18-10-7-9-17-8-5-6-11-21(17)18/h5-15H,3-4,16H2,1-2H3,(H,23,25). The molecule has 0 heterocycles. The predicted octanol–water partition coefficient (Wildman–Crippen LogP) is 4.87. The molecule has 1 N–H and O–H groups in total. The van der Waals surface area contributed by atoms with Gasteiger partial charge in [-0.3, -0.25) is 4.79 Å². The topological polar surface area (TPSA) is 32.3 Å². The molecule has 3 aromatic rings. The highest BCUT2D eigenvalue weighted by Crippen LogP contribution is 2.20. The minimum Gasteiger partial charge on any atom is -0.372 e. The monoisotopic (exact) mass is 332 g/mol. The summed E-state index contributed by atoms with van der Waals surface area (Å²) >= 11 is 0. The van der Waals surface area contributed by atoms with Gasteiger partial charge in [0.25, 0.3) is 0 Å². The van der Waals surface area contributed by atoms with Gasteiger partial charge in [-0.05, 0) is 54.4 Å². The Morgan fingerprint density at radius 2 is 1.56 bits per heavy atom. The van der Waals surface area contributed by atoms with Crippen LogP contribution in [0.3, 0.4) is 0 Å². The van der Waals surface area contributed by atoms with Crippen molar-refractivity contribution in [2.45, 2.75) is 20.3 Å². The number of hydrogen-bond acceptors (Lipinski definition) is 2. The molecule has 25 heavy (non-hydrogen) atoms. The third-order valence-corrected chi connectivity index (χ3v) is 4.51. The second-order valence-corrected chi connectivity index (χ2v) is 6.08. The summed E-state index contributed by atoms with van der Waals surface area (Å²) in [7, 11) is 0. The number of nitrogens with one attached hydrogen (secondary N) is 1. The third kappa shape index (κ3) is 4.00. The maximum Gasteiger partial charge on any atom is 0.228 e. The largest absolute Gasteiger partial charge is 0.372 e. The molecule has 0 unspecified atom stereocenters. The molecule has 1 amide bonds. The minimum atomic E-state index is 0.00643. The summed E-state index contributed by atoms with van der Waals surface area (Å²) in [6.45, 7) is 6.24. The van der Waals surface area contributed by atoms with Gasteiger partial charge in [0.05, 0.1) is 6.42 Å². The smallest absolute Gasteiger partial charge is 0.228 e. The summed E-state index contributed by atoms with van der Waals surface area (Å²) in [6, 6.07) is 22.3. The number of fused-ring (bicyclic) bond motifs is 1. The highest BCUT2D eigenvalue weighted by molar-refractivity contribution is 5.96. The van der Waals surface area contributed by atoms with Crippen LogP contribution in [0.5, 0.6) is 0 Å². The van der Waals surface area contributed by atoms with Crippen molar-refractivity contribution >= 4 is 28.1 Å². The van der Waals surface area contributed by atoms with Gasteiger partial charge in [-0.15, -0.1) is 0 Å². The Balaban J connectivity index is 1.70. The molecular formula is C22H24N2O. The van der Waals surface area contributed by atoms with Crippen molar-refractivity contribution in [2.24, 2.45) is 0 Å². The average molecular weight is 332 g/mol. The lowest BCUT2D eigenvalue weighted by Gasteiger charge is -2.21.